The van der Waals surface area contributed by atoms with Crippen LogP contribution in [-0.2, 0) is 14.4 Å². The van der Waals surface area contributed by atoms with Crippen LogP contribution in [0.4, 0.5) is 11.4 Å². The van der Waals surface area contributed by atoms with Gasteiger partial charge in [0.05, 0.1) is 6.54 Å². The molecular weight excluding hydrogens is 294 g/mol. The summed E-state index contributed by atoms with van der Waals surface area (Å²) in [4.78, 5) is 35.1. The average Bonchev–Trinajstić information content (AvgIpc) is 2.53. The van der Waals surface area contributed by atoms with E-state index in [-0.39, 0.29) is 6.54 Å². The monoisotopic (exact) mass is 311 g/mol. The summed E-state index contributed by atoms with van der Waals surface area (Å²) in [6.45, 7) is 1.63. The summed E-state index contributed by atoms with van der Waals surface area (Å²) < 4.78 is 0. The zero-order chi connectivity index (χ0) is 16.7. The van der Waals surface area contributed by atoms with E-state index in [1.807, 2.05) is 25.1 Å². The molecule has 0 saturated carbocycles. The average molecular weight is 311 g/mol. The molecule has 6 nitrogen and oxygen atoms in total. The van der Waals surface area contributed by atoms with Crippen molar-refractivity contribution >= 4 is 29.1 Å². The highest BCUT2D eigenvalue weighted by atomic mass is 16.2. The summed E-state index contributed by atoms with van der Waals surface area (Å²) in [5.74, 6) is -2.09. The van der Waals surface area contributed by atoms with Gasteiger partial charge in [0.15, 0.2) is 0 Å². The largest absolute Gasteiger partial charge is 0.339 e. The van der Waals surface area contributed by atoms with Gasteiger partial charge in [0.25, 0.3) is 0 Å². The number of hydrogen-bond acceptors (Lipinski definition) is 3. The second kappa shape index (κ2) is 7.74. The maximum Gasteiger partial charge on any atom is 0.313 e. The maximum atomic E-state index is 11.8. The van der Waals surface area contributed by atoms with E-state index in [1.165, 1.54) is 0 Å². The van der Waals surface area contributed by atoms with Crippen LogP contribution in [0.2, 0.25) is 0 Å². The molecule has 0 aliphatic heterocycles. The Morgan fingerprint density at radius 1 is 0.826 bits per heavy atom. The van der Waals surface area contributed by atoms with E-state index in [0.717, 1.165) is 5.56 Å². The first-order valence-electron chi connectivity index (χ1n) is 7.05. The summed E-state index contributed by atoms with van der Waals surface area (Å²) >= 11 is 0. The van der Waals surface area contributed by atoms with E-state index >= 15 is 0 Å². The van der Waals surface area contributed by atoms with Gasteiger partial charge in [-0.1, -0.05) is 30.3 Å². The fourth-order valence-corrected chi connectivity index (χ4v) is 1.88. The predicted molar refractivity (Wildman–Crippen MR) is 87.9 cm³/mol. The number of benzene rings is 2. The molecule has 3 N–H and O–H groups in total. The summed E-state index contributed by atoms with van der Waals surface area (Å²) in [5.41, 5.74) is 2.16. The molecule has 6 heteroatoms. The van der Waals surface area contributed by atoms with E-state index < -0.39 is 17.7 Å². The molecule has 118 valence electrons. The summed E-state index contributed by atoms with van der Waals surface area (Å²) in [6, 6.07) is 15.9. The molecule has 0 aliphatic carbocycles. The molecule has 0 fully saturated rings. The van der Waals surface area contributed by atoms with Crippen LogP contribution in [-0.4, -0.2) is 24.3 Å². The van der Waals surface area contributed by atoms with E-state index in [1.54, 1.807) is 36.4 Å². The fraction of sp³-hybridized carbons (Fsp3) is 0.118. The van der Waals surface area contributed by atoms with Crippen LogP contribution in [0.5, 0.6) is 0 Å². The molecule has 0 unspecified atom stereocenters. The van der Waals surface area contributed by atoms with Gasteiger partial charge in [-0.3, -0.25) is 14.4 Å². The number of carbonyl (C=O) groups excluding carboxylic acids is 3. The standard InChI is InChI=1S/C17H17N3O3/c1-12-6-5-9-14(10-12)19-15(21)11-18-16(22)17(23)20-13-7-3-2-4-8-13/h2-10H,11H2,1H3,(H,18,22)(H,19,21)(H,20,23). The predicted octanol–water partition coefficient (Wildman–Crippen LogP) is 1.69. The van der Waals surface area contributed by atoms with Gasteiger partial charge in [-0.2, -0.15) is 0 Å². The second-order valence-corrected chi connectivity index (χ2v) is 4.92. The zero-order valence-electron chi connectivity index (χ0n) is 12.6. The lowest BCUT2D eigenvalue weighted by atomic mass is 10.2. The minimum atomic E-state index is -0.867. The maximum absolute atomic E-state index is 11.8. The Balaban J connectivity index is 1.79. The molecule has 0 aromatic heterocycles. The minimum Gasteiger partial charge on any atom is -0.339 e. The molecule has 0 bridgehead atoms. The molecule has 0 radical (unpaired) electrons. The Hall–Kier alpha value is -3.15. The number of amides is 3. The van der Waals surface area contributed by atoms with Crippen LogP contribution in [0.15, 0.2) is 54.6 Å². The first-order valence-corrected chi connectivity index (χ1v) is 7.05. The molecule has 0 atom stereocenters. The second-order valence-electron chi connectivity index (χ2n) is 4.92. The molecule has 0 heterocycles. The zero-order valence-corrected chi connectivity index (χ0v) is 12.6. The number of nitrogens with one attached hydrogen (secondary N) is 3. The number of anilines is 2. The van der Waals surface area contributed by atoms with E-state index in [0.29, 0.717) is 11.4 Å². The third-order valence-electron chi connectivity index (χ3n) is 2.95. The normalized spacial score (nSPS) is 9.78. The minimum absolute atomic E-state index is 0.283. The summed E-state index contributed by atoms with van der Waals surface area (Å²) in [5, 5.41) is 7.36. The number of carbonyl (C=O) groups is 3. The highest BCUT2D eigenvalue weighted by Gasteiger charge is 2.14. The summed E-state index contributed by atoms with van der Waals surface area (Å²) in [6.07, 6.45) is 0. The van der Waals surface area contributed by atoms with Gasteiger partial charge in [-0.15, -0.1) is 0 Å². The van der Waals surface area contributed by atoms with E-state index in [9.17, 15) is 14.4 Å². The van der Waals surface area contributed by atoms with Crippen LogP contribution < -0.4 is 16.0 Å². The van der Waals surface area contributed by atoms with Crippen molar-refractivity contribution < 1.29 is 14.4 Å². The molecular formula is C17H17N3O3. The Morgan fingerprint density at radius 2 is 1.52 bits per heavy atom. The van der Waals surface area contributed by atoms with Crippen LogP contribution in [0.1, 0.15) is 5.56 Å². The van der Waals surface area contributed by atoms with Gasteiger partial charge in [0.2, 0.25) is 5.91 Å². The SMILES string of the molecule is Cc1cccc(NC(=O)CNC(=O)C(=O)Nc2ccccc2)c1. The Labute approximate surface area is 133 Å². The summed E-state index contributed by atoms with van der Waals surface area (Å²) in [7, 11) is 0. The molecule has 2 aromatic rings. The van der Waals surface area contributed by atoms with Crippen LogP contribution >= 0.6 is 0 Å². The van der Waals surface area contributed by atoms with Crippen molar-refractivity contribution in [3.8, 4) is 0 Å². The van der Waals surface area contributed by atoms with E-state index in [2.05, 4.69) is 16.0 Å². The number of aryl methyl sites for hydroxylation is 1. The Kier molecular flexibility index (Phi) is 5.46. The van der Waals surface area contributed by atoms with E-state index in [4.69, 9.17) is 0 Å². The number of hydrogen-bond donors (Lipinski definition) is 3. The fourth-order valence-electron chi connectivity index (χ4n) is 1.88. The quantitative estimate of drug-likeness (QED) is 0.751. The third-order valence-corrected chi connectivity index (χ3v) is 2.95. The van der Waals surface area contributed by atoms with Gasteiger partial charge in [-0.05, 0) is 36.8 Å². The molecule has 0 spiro atoms. The van der Waals surface area contributed by atoms with Gasteiger partial charge < -0.3 is 16.0 Å². The lowest BCUT2D eigenvalue weighted by molar-refractivity contribution is -0.136. The van der Waals surface area contributed by atoms with Crippen molar-refractivity contribution in [1.29, 1.82) is 0 Å². The first-order chi connectivity index (χ1) is 11.0. The van der Waals surface area contributed by atoms with Crippen LogP contribution in [0.3, 0.4) is 0 Å². The number of rotatable bonds is 4. The van der Waals surface area contributed by atoms with Crippen molar-refractivity contribution in [3.05, 3.63) is 60.2 Å². The Morgan fingerprint density at radius 3 is 2.22 bits per heavy atom. The number of para-hydroxylation sites is 1. The van der Waals surface area contributed by atoms with Crippen LogP contribution in [0.25, 0.3) is 0 Å². The molecule has 23 heavy (non-hydrogen) atoms. The Bertz CT molecular complexity index is 714. The highest BCUT2D eigenvalue weighted by molar-refractivity contribution is 6.39. The molecule has 0 aliphatic rings. The van der Waals surface area contributed by atoms with Gasteiger partial charge in [-0.25, -0.2) is 0 Å². The molecule has 2 aromatic carbocycles. The van der Waals surface area contributed by atoms with Crippen LogP contribution in [0, 0.1) is 6.92 Å². The van der Waals surface area contributed by atoms with Crippen molar-refractivity contribution in [3.63, 3.8) is 0 Å². The van der Waals surface area contributed by atoms with Crippen molar-refractivity contribution in [2.45, 2.75) is 6.92 Å². The van der Waals surface area contributed by atoms with Crippen molar-refractivity contribution in [2.24, 2.45) is 0 Å². The first kappa shape index (κ1) is 16.2. The van der Waals surface area contributed by atoms with Gasteiger partial charge in [0.1, 0.15) is 0 Å². The van der Waals surface area contributed by atoms with Gasteiger partial charge in [0, 0.05) is 11.4 Å². The molecule has 2 rings (SSSR count). The topological polar surface area (TPSA) is 87.3 Å². The van der Waals surface area contributed by atoms with Crippen molar-refractivity contribution in [2.75, 3.05) is 17.2 Å². The lowest BCUT2D eigenvalue weighted by Gasteiger charge is -2.08. The molecule has 3 amide bonds. The molecule has 0 saturated heterocycles. The highest BCUT2D eigenvalue weighted by Crippen LogP contribution is 2.09. The van der Waals surface area contributed by atoms with Gasteiger partial charge >= 0.3 is 11.8 Å². The lowest BCUT2D eigenvalue weighted by Crippen LogP contribution is -2.39. The van der Waals surface area contributed by atoms with Crippen molar-refractivity contribution in [1.82, 2.24) is 5.32 Å². The smallest absolute Gasteiger partial charge is 0.313 e. The third kappa shape index (κ3) is 5.28.